The number of anilines is 1. The van der Waals surface area contributed by atoms with Gasteiger partial charge in [-0.15, -0.1) is 0 Å². The van der Waals surface area contributed by atoms with Crippen LogP contribution in [0.2, 0.25) is 0 Å². The highest BCUT2D eigenvalue weighted by atomic mass is 16.5. The number of carbonyl (C=O) groups is 3. The van der Waals surface area contributed by atoms with E-state index in [1.54, 1.807) is 20.1 Å². The van der Waals surface area contributed by atoms with Crippen LogP contribution >= 0.6 is 0 Å². The number of amides is 4. The second kappa shape index (κ2) is 7.95. The van der Waals surface area contributed by atoms with E-state index in [0.717, 1.165) is 21.6 Å². The predicted molar refractivity (Wildman–Crippen MR) is 110 cm³/mol. The largest absolute Gasteiger partial charge is 0.496 e. The molecule has 0 spiro atoms. The van der Waals surface area contributed by atoms with Gasteiger partial charge in [0, 0.05) is 12.1 Å². The van der Waals surface area contributed by atoms with Crippen molar-refractivity contribution in [2.24, 2.45) is 0 Å². The number of carbonyl (C=O) groups excluding carboxylic acids is 3. The average molecular weight is 395 g/mol. The van der Waals surface area contributed by atoms with Gasteiger partial charge in [0.15, 0.2) is 0 Å². The predicted octanol–water partition coefficient (Wildman–Crippen LogP) is 2.80. The third-order valence-electron chi connectivity index (χ3n) is 4.89. The smallest absolute Gasteiger partial charge is 0.325 e. The number of rotatable bonds is 6. The van der Waals surface area contributed by atoms with Gasteiger partial charge in [-0.1, -0.05) is 24.3 Å². The summed E-state index contributed by atoms with van der Waals surface area (Å²) in [5, 5.41) is 5.47. The summed E-state index contributed by atoms with van der Waals surface area (Å²) >= 11 is 0. The number of benzene rings is 2. The van der Waals surface area contributed by atoms with Gasteiger partial charge < -0.3 is 15.4 Å². The standard InChI is InChI=1S/C22H25N3O4/c1-14-9-15(2)11-17(10-14)23-19(26)13-25-20(27)22(3,24-21(25)28)12-16-7-5-6-8-18(16)29-4/h5-11H,12-13H2,1-4H3,(H,23,26)(H,24,28)/t22-/m0/s1. The molecule has 2 aromatic rings. The number of hydrogen-bond donors (Lipinski definition) is 2. The van der Waals surface area contributed by atoms with E-state index in [2.05, 4.69) is 10.6 Å². The maximum absolute atomic E-state index is 13.0. The molecule has 0 aliphatic carbocycles. The molecule has 7 heteroatoms. The Morgan fingerprint density at radius 3 is 2.45 bits per heavy atom. The number of ether oxygens (including phenoxy) is 1. The summed E-state index contributed by atoms with van der Waals surface area (Å²) in [4.78, 5) is 38.8. The minimum Gasteiger partial charge on any atom is -0.496 e. The maximum Gasteiger partial charge on any atom is 0.325 e. The highest BCUT2D eigenvalue weighted by Crippen LogP contribution is 2.27. The lowest BCUT2D eigenvalue weighted by Gasteiger charge is -2.22. The van der Waals surface area contributed by atoms with E-state index in [0.29, 0.717) is 11.4 Å². The van der Waals surface area contributed by atoms with Gasteiger partial charge in [-0.2, -0.15) is 0 Å². The number of nitrogens with one attached hydrogen (secondary N) is 2. The van der Waals surface area contributed by atoms with Crippen molar-refractivity contribution < 1.29 is 19.1 Å². The van der Waals surface area contributed by atoms with Gasteiger partial charge in [0.2, 0.25) is 5.91 Å². The van der Waals surface area contributed by atoms with Crippen molar-refractivity contribution in [1.29, 1.82) is 0 Å². The van der Waals surface area contributed by atoms with Crippen LogP contribution in [0.4, 0.5) is 10.5 Å². The fourth-order valence-electron chi connectivity index (χ4n) is 3.63. The molecule has 1 heterocycles. The Morgan fingerprint density at radius 2 is 1.79 bits per heavy atom. The van der Waals surface area contributed by atoms with Crippen molar-refractivity contribution in [3.63, 3.8) is 0 Å². The minimum absolute atomic E-state index is 0.261. The minimum atomic E-state index is -1.15. The van der Waals surface area contributed by atoms with Gasteiger partial charge >= 0.3 is 6.03 Å². The topological polar surface area (TPSA) is 87.7 Å². The van der Waals surface area contributed by atoms with Crippen molar-refractivity contribution in [3.05, 3.63) is 59.2 Å². The first kappa shape index (κ1) is 20.4. The molecule has 0 saturated carbocycles. The molecule has 29 heavy (non-hydrogen) atoms. The van der Waals surface area contributed by atoms with Crippen LogP contribution in [0.3, 0.4) is 0 Å². The second-order valence-electron chi connectivity index (χ2n) is 7.57. The fourth-order valence-corrected chi connectivity index (χ4v) is 3.63. The van der Waals surface area contributed by atoms with E-state index in [9.17, 15) is 14.4 Å². The van der Waals surface area contributed by atoms with Gasteiger partial charge in [0.1, 0.15) is 17.8 Å². The molecular formula is C22H25N3O4. The van der Waals surface area contributed by atoms with E-state index in [1.807, 2.05) is 50.2 Å². The van der Waals surface area contributed by atoms with Gasteiger partial charge in [0.05, 0.1) is 7.11 Å². The van der Waals surface area contributed by atoms with Crippen molar-refractivity contribution in [3.8, 4) is 5.75 Å². The van der Waals surface area contributed by atoms with Gasteiger partial charge in [-0.3, -0.25) is 14.5 Å². The molecule has 2 N–H and O–H groups in total. The van der Waals surface area contributed by atoms with Crippen molar-refractivity contribution >= 4 is 23.5 Å². The number of para-hydroxylation sites is 1. The van der Waals surface area contributed by atoms with E-state index in [-0.39, 0.29) is 13.0 Å². The molecule has 0 aromatic heterocycles. The number of aryl methyl sites for hydroxylation is 2. The second-order valence-corrected chi connectivity index (χ2v) is 7.57. The van der Waals surface area contributed by atoms with Gasteiger partial charge in [0.25, 0.3) is 5.91 Å². The van der Waals surface area contributed by atoms with Gasteiger partial charge in [-0.05, 0) is 55.7 Å². The summed E-state index contributed by atoms with van der Waals surface area (Å²) in [5.41, 5.74) is 2.31. The molecule has 1 fully saturated rings. The first-order valence-corrected chi connectivity index (χ1v) is 9.36. The fraction of sp³-hybridized carbons (Fsp3) is 0.318. The third-order valence-corrected chi connectivity index (χ3v) is 4.89. The van der Waals surface area contributed by atoms with Crippen LogP contribution in [0.1, 0.15) is 23.6 Å². The van der Waals surface area contributed by atoms with Crippen LogP contribution < -0.4 is 15.4 Å². The summed E-state index contributed by atoms with van der Waals surface area (Å²) in [6.45, 7) is 5.17. The molecule has 0 radical (unpaired) electrons. The lowest BCUT2D eigenvalue weighted by molar-refractivity contribution is -0.133. The molecule has 1 aliphatic rings. The number of imide groups is 1. The number of hydrogen-bond acceptors (Lipinski definition) is 4. The lowest BCUT2D eigenvalue weighted by Crippen LogP contribution is -2.46. The molecule has 1 aliphatic heterocycles. The molecule has 4 amide bonds. The Bertz CT molecular complexity index is 952. The summed E-state index contributed by atoms with van der Waals surface area (Å²) in [5.74, 6) is -0.231. The summed E-state index contributed by atoms with van der Waals surface area (Å²) < 4.78 is 5.34. The Balaban J connectivity index is 1.72. The molecule has 1 saturated heterocycles. The van der Waals surface area contributed by atoms with Gasteiger partial charge in [-0.25, -0.2) is 4.79 Å². The molecule has 2 aromatic carbocycles. The van der Waals surface area contributed by atoms with Crippen LogP contribution in [0.5, 0.6) is 5.75 Å². The van der Waals surface area contributed by atoms with E-state index in [4.69, 9.17) is 4.74 Å². The average Bonchev–Trinajstić information content (AvgIpc) is 2.84. The first-order chi connectivity index (χ1) is 13.7. The van der Waals surface area contributed by atoms with E-state index in [1.165, 1.54) is 0 Å². The SMILES string of the molecule is COc1ccccc1C[C@]1(C)NC(=O)N(CC(=O)Nc2cc(C)cc(C)c2)C1=O. The Hall–Kier alpha value is -3.35. The quantitative estimate of drug-likeness (QED) is 0.737. The monoisotopic (exact) mass is 395 g/mol. The van der Waals surface area contributed by atoms with Crippen molar-refractivity contribution in [2.45, 2.75) is 32.7 Å². The lowest BCUT2D eigenvalue weighted by atomic mass is 9.92. The maximum atomic E-state index is 13.0. The highest BCUT2D eigenvalue weighted by molar-refractivity contribution is 6.10. The summed E-state index contributed by atoms with van der Waals surface area (Å²) in [6, 6.07) is 12.4. The highest BCUT2D eigenvalue weighted by Gasteiger charge is 2.48. The first-order valence-electron chi connectivity index (χ1n) is 9.36. The molecule has 152 valence electrons. The molecule has 0 unspecified atom stereocenters. The Morgan fingerprint density at radius 1 is 1.14 bits per heavy atom. The Kier molecular flexibility index (Phi) is 5.59. The summed E-state index contributed by atoms with van der Waals surface area (Å²) in [6.07, 6.45) is 0.261. The molecule has 1 atom stereocenters. The Labute approximate surface area is 170 Å². The van der Waals surface area contributed by atoms with Crippen LogP contribution in [0.15, 0.2) is 42.5 Å². The number of nitrogens with zero attached hydrogens (tertiary/aromatic N) is 1. The number of urea groups is 1. The zero-order valence-corrected chi connectivity index (χ0v) is 17.0. The van der Waals surface area contributed by atoms with Crippen LogP contribution in [-0.2, 0) is 16.0 Å². The summed E-state index contributed by atoms with van der Waals surface area (Å²) in [7, 11) is 1.56. The van der Waals surface area contributed by atoms with E-state index < -0.39 is 23.4 Å². The molecule has 3 rings (SSSR count). The zero-order chi connectivity index (χ0) is 21.2. The molecule has 7 nitrogen and oxygen atoms in total. The zero-order valence-electron chi connectivity index (χ0n) is 17.0. The van der Waals surface area contributed by atoms with Crippen LogP contribution in [0.25, 0.3) is 0 Å². The number of methoxy groups -OCH3 is 1. The molecule has 0 bridgehead atoms. The molecular weight excluding hydrogens is 370 g/mol. The van der Waals surface area contributed by atoms with Crippen molar-refractivity contribution in [2.75, 3.05) is 19.0 Å². The van der Waals surface area contributed by atoms with Crippen LogP contribution in [0, 0.1) is 13.8 Å². The van der Waals surface area contributed by atoms with Crippen molar-refractivity contribution in [1.82, 2.24) is 10.2 Å². The normalized spacial score (nSPS) is 18.6. The van der Waals surface area contributed by atoms with Crippen LogP contribution in [-0.4, -0.2) is 41.9 Å². The van der Waals surface area contributed by atoms with E-state index >= 15 is 0 Å². The third kappa shape index (κ3) is 4.39.